The molecule has 30 heavy (non-hydrogen) atoms. The van der Waals surface area contributed by atoms with Crippen LogP contribution >= 0.6 is 0 Å². The highest BCUT2D eigenvalue weighted by Crippen LogP contribution is 2.41. The summed E-state index contributed by atoms with van der Waals surface area (Å²) >= 11 is 0. The summed E-state index contributed by atoms with van der Waals surface area (Å²) in [6.07, 6.45) is 0.449. The van der Waals surface area contributed by atoms with Crippen LogP contribution in [0.5, 0.6) is 0 Å². The Bertz CT molecular complexity index is 894. The van der Waals surface area contributed by atoms with Gasteiger partial charge in [-0.15, -0.1) is 10.2 Å². The monoisotopic (exact) mass is 421 g/mol. The number of carbonyl (C=O) groups excluding carboxylic acids is 1. The van der Waals surface area contributed by atoms with Gasteiger partial charge in [0.2, 0.25) is 5.89 Å². The molecule has 4 heterocycles. The Balaban J connectivity index is 1.31. The third-order valence-electron chi connectivity index (χ3n) is 5.47. The van der Waals surface area contributed by atoms with E-state index in [0.717, 1.165) is 44.8 Å². The molecule has 2 aliphatic heterocycles. The SMILES string of the molecule is CC(C)(C)OC(=O)N1CC2(CCN(c3ccc(-c4nnc(C(F)F)o4)cn3)CC2)C1. The molecule has 10 heteroatoms. The zero-order chi connectivity index (χ0) is 21.5. The lowest BCUT2D eigenvalue weighted by atomic mass is 9.72. The summed E-state index contributed by atoms with van der Waals surface area (Å²) in [7, 11) is 0. The van der Waals surface area contributed by atoms with Crippen molar-refractivity contribution in [3.8, 4) is 11.5 Å². The van der Waals surface area contributed by atoms with Gasteiger partial charge >= 0.3 is 12.5 Å². The zero-order valence-corrected chi connectivity index (χ0v) is 17.3. The van der Waals surface area contributed by atoms with Crippen molar-refractivity contribution >= 4 is 11.9 Å². The summed E-state index contributed by atoms with van der Waals surface area (Å²) in [6.45, 7) is 8.74. The van der Waals surface area contributed by atoms with Crippen molar-refractivity contribution in [3.63, 3.8) is 0 Å². The largest absolute Gasteiger partial charge is 0.444 e. The number of halogens is 2. The van der Waals surface area contributed by atoms with Gasteiger partial charge in [-0.25, -0.2) is 9.78 Å². The number of pyridine rings is 1. The van der Waals surface area contributed by atoms with Gasteiger partial charge in [0.05, 0.1) is 5.56 Å². The number of alkyl halides is 2. The van der Waals surface area contributed by atoms with E-state index in [2.05, 4.69) is 20.1 Å². The smallest absolute Gasteiger partial charge is 0.410 e. The number of anilines is 1. The van der Waals surface area contributed by atoms with Gasteiger partial charge in [0, 0.05) is 37.8 Å². The normalized spacial score (nSPS) is 18.6. The van der Waals surface area contributed by atoms with Crippen molar-refractivity contribution in [2.45, 2.75) is 45.6 Å². The van der Waals surface area contributed by atoms with E-state index in [4.69, 9.17) is 9.15 Å². The van der Waals surface area contributed by atoms with Crippen LogP contribution in [0, 0.1) is 5.41 Å². The van der Waals surface area contributed by atoms with Crippen LogP contribution in [0.25, 0.3) is 11.5 Å². The maximum absolute atomic E-state index is 12.6. The Morgan fingerprint density at radius 2 is 1.90 bits per heavy atom. The molecule has 0 radical (unpaired) electrons. The lowest BCUT2D eigenvalue weighted by Gasteiger charge is -2.53. The van der Waals surface area contributed by atoms with Gasteiger partial charge in [0.1, 0.15) is 11.4 Å². The van der Waals surface area contributed by atoms with Crippen LogP contribution in [0.15, 0.2) is 22.7 Å². The summed E-state index contributed by atoms with van der Waals surface area (Å²) in [5, 5.41) is 6.97. The van der Waals surface area contributed by atoms with Gasteiger partial charge in [-0.1, -0.05) is 0 Å². The molecule has 2 saturated heterocycles. The minimum atomic E-state index is -2.79. The molecule has 1 spiro atoms. The van der Waals surface area contributed by atoms with Crippen LogP contribution < -0.4 is 4.90 Å². The van der Waals surface area contributed by atoms with E-state index < -0.39 is 17.9 Å². The number of ether oxygens (including phenoxy) is 1. The summed E-state index contributed by atoms with van der Waals surface area (Å²) in [5.74, 6) is 0.139. The number of amides is 1. The third-order valence-corrected chi connectivity index (χ3v) is 5.47. The maximum atomic E-state index is 12.6. The van der Waals surface area contributed by atoms with Crippen LogP contribution in [0.2, 0.25) is 0 Å². The summed E-state index contributed by atoms with van der Waals surface area (Å²) < 4.78 is 35.6. The number of hydrogen-bond donors (Lipinski definition) is 0. The molecule has 4 rings (SSSR count). The predicted molar refractivity (Wildman–Crippen MR) is 104 cm³/mol. The topological polar surface area (TPSA) is 84.6 Å². The fourth-order valence-electron chi connectivity index (χ4n) is 3.88. The van der Waals surface area contributed by atoms with E-state index >= 15 is 0 Å². The molecule has 162 valence electrons. The summed E-state index contributed by atoms with van der Waals surface area (Å²) in [6, 6.07) is 3.57. The quantitative estimate of drug-likeness (QED) is 0.743. The molecule has 0 N–H and O–H groups in total. The van der Waals surface area contributed by atoms with Gasteiger partial charge < -0.3 is 19.0 Å². The van der Waals surface area contributed by atoms with Crippen LogP contribution in [0.3, 0.4) is 0 Å². The van der Waals surface area contributed by atoms with Gasteiger partial charge in [-0.2, -0.15) is 8.78 Å². The second-order valence-corrected chi connectivity index (χ2v) is 8.97. The van der Waals surface area contributed by atoms with E-state index in [1.807, 2.05) is 26.8 Å². The highest BCUT2D eigenvalue weighted by Gasteiger charge is 2.47. The molecule has 0 aromatic carbocycles. The zero-order valence-electron chi connectivity index (χ0n) is 17.3. The van der Waals surface area contributed by atoms with E-state index in [9.17, 15) is 13.6 Å². The molecule has 8 nitrogen and oxygen atoms in total. The first kappa shape index (κ1) is 20.5. The number of carbonyl (C=O) groups is 1. The van der Waals surface area contributed by atoms with E-state index in [1.54, 1.807) is 17.2 Å². The number of piperidine rings is 1. The Hall–Kier alpha value is -2.78. The fourth-order valence-corrected chi connectivity index (χ4v) is 3.88. The van der Waals surface area contributed by atoms with Gasteiger partial charge in [-0.3, -0.25) is 0 Å². The van der Waals surface area contributed by atoms with Crippen LogP contribution in [-0.4, -0.2) is 58.0 Å². The number of rotatable bonds is 3. The highest BCUT2D eigenvalue weighted by molar-refractivity contribution is 5.69. The van der Waals surface area contributed by atoms with Crippen LogP contribution in [-0.2, 0) is 4.74 Å². The summed E-state index contributed by atoms with van der Waals surface area (Å²) in [4.78, 5) is 20.6. The second kappa shape index (κ2) is 7.48. The number of aromatic nitrogens is 3. The molecule has 2 aromatic rings. The molecule has 0 bridgehead atoms. The summed E-state index contributed by atoms with van der Waals surface area (Å²) in [5.41, 5.74) is 0.171. The molecule has 2 aromatic heterocycles. The van der Waals surface area contributed by atoms with Gasteiger partial charge in [-0.05, 0) is 45.7 Å². The van der Waals surface area contributed by atoms with Crippen molar-refractivity contribution in [1.29, 1.82) is 0 Å². The van der Waals surface area contributed by atoms with E-state index in [1.165, 1.54) is 0 Å². The molecule has 2 aliphatic rings. The minimum absolute atomic E-state index is 0.0265. The highest BCUT2D eigenvalue weighted by atomic mass is 19.3. The first-order valence-corrected chi connectivity index (χ1v) is 9.95. The van der Waals surface area contributed by atoms with Crippen LogP contribution in [0.4, 0.5) is 19.4 Å². The first-order valence-electron chi connectivity index (χ1n) is 9.95. The minimum Gasteiger partial charge on any atom is -0.444 e. The van der Waals surface area contributed by atoms with E-state index in [-0.39, 0.29) is 17.4 Å². The average Bonchev–Trinajstić information content (AvgIpc) is 3.15. The Labute approximate surface area is 173 Å². The van der Waals surface area contributed by atoms with Crippen molar-refractivity contribution in [2.24, 2.45) is 5.41 Å². The lowest BCUT2D eigenvalue weighted by Crippen LogP contribution is -2.62. The van der Waals surface area contributed by atoms with Crippen molar-refractivity contribution in [3.05, 3.63) is 24.2 Å². The third kappa shape index (κ3) is 4.22. The molecular weight excluding hydrogens is 396 g/mol. The van der Waals surface area contributed by atoms with Crippen molar-refractivity contribution in [2.75, 3.05) is 31.1 Å². The average molecular weight is 421 g/mol. The molecular formula is C20H25F2N5O3. The number of nitrogens with zero attached hydrogens (tertiary/aromatic N) is 5. The second-order valence-electron chi connectivity index (χ2n) is 8.97. The Morgan fingerprint density at radius 3 is 2.43 bits per heavy atom. The van der Waals surface area contributed by atoms with E-state index in [0.29, 0.717) is 5.56 Å². The van der Waals surface area contributed by atoms with Crippen LogP contribution in [0.1, 0.15) is 45.9 Å². The molecule has 0 atom stereocenters. The standard InChI is InChI=1S/C20H25F2N5O3/c1-19(2,3)30-18(28)27-11-20(12-27)6-8-26(9-7-20)14-5-4-13(10-23-14)16-24-25-17(29-16)15(21)22/h4-5,10,15H,6-9,11-12H2,1-3H3. The number of hydrogen-bond acceptors (Lipinski definition) is 7. The predicted octanol–water partition coefficient (Wildman–Crippen LogP) is 3.91. The molecule has 1 amide bonds. The Morgan fingerprint density at radius 1 is 1.20 bits per heavy atom. The molecule has 0 unspecified atom stereocenters. The molecule has 0 saturated carbocycles. The fraction of sp³-hybridized carbons (Fsp3) is 0.600. The molecule has 0 aliphatic carbocycles. The number of likely N-dealkylation sites (tertiary alicyclic amines) is 1. The van der Waals surface area contributed by atoms with Gasteiger partial charge in [0.15, 0.2) is 0 Å². The Kier molecular flexibility index (Phi) is 5.11. The molecule has 2 fully saturated rings. The first-order chi connectivity index (χ1) is 14.1. The van der Waals surface area contributed by atoms with Gasteiger partial charge in [0.25, 0.3) is 5.89 Å². The van der Waals surface area contributed by atoms with Crippen molar-refractivity contribution in [1.82, 2.24) is 20.1 Å². The lowest BCUT2D eigenvalue weighted by molar-refractivity contribution is -0.0434. The maximum Gasteiger partial charge on any atom is 0.410 e. The van der Waals surface area contributed by atoms with Crippen molar-refractivity contribution < 1.29 is 22.7 Å².